The average Bonchev–Trinajstić information content (AvgIpc) is 2.97. The van der Waals surface area contributed by atoms with Gasteiger partial charge in [0.05, 0.1) is 18.6 Å². The number of rotatable bonds is 14. The molecule has 0 aromatic heterocycles. The maximum absolute atomic E-state index is 14.7. The second kappa shape index (κ2) is 15.4. The van der Waals surface area contributed by atoms with Gasteiger partial charge in [0.25, 0.3) is 0 Å². The summed E-state index contributed by atoms with van der Waals surface area (Å²) < 4.78 is 61.8. The van der Waals surface area contributed by atoms with E-state index in [4.69, 9.17) is 4.74 Å². The van der Waals surface area contributed by atoms with E-state index in [-0.39, 0.29) is 17.5 Å². The molecule has 238 valence electrons. The molecular formula is C32H44F4N4O3. The summed E-state index contributed by atoms with van der Waals surface area (Å²) in [5, 5.41) is 8.48. The van der Waals surface area contributed by atoms with Crippen molar-refractivity contribution < 1.29 is 31.9 Å². The number of esters is 1. The first-order valence-corrected chi connectivity index (χ1v) is 14.9. The number of anilines is 2. The van der Waals surface area contributed by atoms with Gasteiger partial charge >= 0.3 is 12.1 Å². The van der Waals surface area contributed by atoms with Crippen LogP contribution in [-0.2, 0) is 14.3 Å². The lowest BCUT2D eigenvalue weighted by Crippen LogP contribution is -2.53. The predicted molar refractivity (Wildman–Crippen MR) is 161 cm³/mol. The average molecular weight is 609 g/mol. The lowest BCUT2D eigenvalue weighted by molar-refractivity contribution is -0.161. The van der Waals surface area contributed by atoms with Gasteiger partial charge in [-0.25, -0.2) is 4.39 Å². The molecule has 0 spiro atoms. The van der Waals surface area contributed by atoms with Crippen LogP contribution in [0, 0.1) is 5.92 Å². The van der Waals surface area contributed by atoms with Gasteiger partial charge < -0.3 is 20.3 Å². The van der Waals surface area contributed by atoms with E-state index in [1.54, 1.807) is 13.0 Å². The van der Waals surface area contributed by atoms with Gasteiger partial charge in [-0.2, -0.15) is 13.2 Å². The Kier molecular flexibility index (Phi) is 12.2. The first kappa shape index (κ1) is 34.2. The number of amides is 1. The molecule has 3 rings (SSSR count). The molecular weight excluding hydrogens is 564 g/mol. The highest BCUT2D eigenvalue weighted by Crippen LogP contribution is 2.34. The molecule has 0 bridgehead atoms. The van der Waals surface area contributed by atoms with Crippen molar-refractivity contribution in [2.24, 2.45) is 5.92 Å². The highest BCUT2D eigenvalue weighted by Gasteiger charge is 2.43. The molecule has 1 fully saturated rings. The fraction of sp³-hybridized carbons (Fsp3) is 0.562. The number of carbonyl (C=O) groups excluding carboxylic acids is 2. The van der Waals surface area contributed by atoms with Gasteiger partial charge in [-0.3, -0.25) is 14.9 Å². The van der Waals surface area contributed by atoms with E-state index < -0.39 is 42.3 Å². The van der Waals surface area contributed by atoms with Crippen molar-refractivity contribution in [1.82, 2.24) is 10.6 Å². The van der Waals surface area contributed by atoms with Crippen molar-refractivity contribution >= 4 is 23.3 Å². The second-order valence-electron chi connectivity index (χ2n) is 11.6. The molecule has 11 heteroatoms. The molecule has 1 amide bonds. The Hall–Kier alpha value is -3.34. The highest BCUT2D eigenvalue weighted by molar-refractivity contribution is 5.82. The molecule has 43 heavy (non-hydrogen) atoms. The summed E-state index contributed by atoms with van der Waals surface area (Å²) in [6.45, 7) is 8.38. The van der Waals surface area contributed by atoms with E-state index in [1.807, 2.05) is 31.2 Å². The molecule has 0 aliphatic carbocycles. The number of nitrogens with zero attached hydrogens (tertiary/aromatic N) is 1. The summed E-state index contributed by atoms with van der Waals surface area (Å²) in [5.41, 5.74) is -0.0744. The lowest BCUT2D eigenvalue weighted by Gasteiger charge is -2.32. The third kappa shape index (κ3) is 10.7. The second-order valence-corrected chi connectivity index (χ2v) is 11.6. The smallest absolute Gasteiger partial charge is 0.407 e. The molecule has 1 heterocycles. The normalized spacial score (nSPS) is 16.7. The molecule has 2 aromatic rings. The van der Waals surface area contributed by atoms with Crippen molar-refractivity contribution in [3.8, 4) is 0 Å². The van der Waals surface area contributed by atoms with Crippen LogP contribution in [0.4, 0.5) is 28.9 Å². The molecule has 7 nitrogen and oxygen atoms in total. The van der Waals surface area contributed by atoms with Crippen LogP contribution in [0.3, 0.4) is 0 Å². The van der Waals surface area contributed by atoms with Gasteiger partial charge in [0.15, 0.2) is 0 Å². The van der Waals surface area contributed by atoms with Gasteiger partial charge in [0.1, 0.15) is 11.7 Å². The Bertz CT molecular complexity index is 1150. The minimum absolute atomic E-state index is 0.0509. The Labute approximate surface area is 251 Å². The van der Waals surface area contributed by atoms with Gasteiger partial charge in [-0.05, 0) is 69.9 Å². The Morgan fingerprint density at radius 1 is 0.977 bits per heavy atom. The molecule has 1 aliphatic rings. The van der Waals surface area contributed by atoms with Gasteiger partial charge in [0.2, 0.25) is 5.91 Å². The zero-order valence-corrected chi connectivity index (χ0v) is 25.3. The number of hydrogen-bond donors (Lipinski definition) is 3. The van der Waals surface area contributed by atoms with Crippen LogP contribution < -0.4 is 20.9 Å². The van der Waals surface area contributed by atoms with Gasteiger partial charge in [-0.1, -0.05) is 37.3 Å². The van der Waals surface area contributed by atoms with Crippen molar-refractivity contribution in [3.63, 3.8) is 0 Å². The lowest BCUT2D eigenvalue weighted by atomic mass is 9.96. The van der Waals surface area contributed by atoms with Crippen molar-refractivity contribution in [2.45, 2.75) is 83.3 Å². The van der Waals surface area contributed by atoms with Crippen LogP contribution in [0.25, 0.3) is 0 Å². The molecule has 3 atom stereocenters. The third-order valence-electron chi connectivity index (χ3n) is 7.57. The van der Waals surface area contributed by atoms with Crippen LogP contribution in [0.1, 0.15) is 65.0 Å². The number of piperidine rings is 1. The largest absolute Gasteiger partial charge is 0.466 e. The maximum atomic E-state index is 14.7. The molecule has 1 aliphatic heterocycles. The van der Waals surface area contributed by atoms with Crippen LogP contribution in [-0.4, -0.2) is 62.0 Å². The van der Waals surface area contributed by atoms with Crippen LogP contribution >= 0.6 is 0 Å². The van der Waals surface area contributed by atoms with E-state index in [9.17, 15) is 27.2 Å². The van der Waals surface area contributed by atoms with Crippen molar-refractivity contribution in [2.75, 3.05) is 36.5 Å². The SMILES string of the molecule is CCOC(=O)C1CCN(c2ccc(NC[C@H](CC)NC(=O)[C@H](CC(C)(C)F)N[C@@H](c3ccccc3)C(F)(F)F)cc2)CC1. The summed E-state index contributed by atoms with van der Waals surface area (Å²) in [5.74, 6) is -0.890. The standard InChI is InChI=1S/C32H44F4N4O3/c1-5-24(21-37-25-12-14-26(15-13-25)40-18-16-23(17-19-40)30(42)43-6-2)38-29(41)27(20-31(3,4)33)39-28(32(34,35)36)22-10-8-7-9-11-22/h7-15,23-24,27-28,37,39H,5-6,16-21H2,1-4H3,(H,38,41)/t24-,27-,28-/m0/s1. The maximum Gasteiger partial charge on any atom is 0.407 e. The molecule has 0 unspecified atom stereocenters. The minimum Gasteiger partial charge on any atom is -0.466 e. The Morgan fingerprint density at radius 2 is 1.60 bits per heavy atom. The molecule has 0 radical (unpaired) electrons. The summed E-state index contributed by atoms with van der Waals surface area (Å²) in [6, 6.07) is 11.1. The summed E-state index contributed by atoms with van der Waals surface area (Å²) in [4.78, 5) is 27.5. The van der Waals surface area contributed by atoms with E-state index >= 15 is 0 Å². The number of nitrogens with one attached hydrogen (secondary N) is 3. The van der Waals surface area contributed by atoms with E-state index in [1.165, 1.54) is 38.1 Å². The Balaban J connectivity index is 1.59. The molecule has 3 N–H and O–H groups in total. The van der Waals surface area contributed by atoms with Crippen LogP contribution in [0.2, 0.25) is 0 Å². The van der Waals surface area contributed by atoms with E-state index in [0.717, 1.165) is 37.3 Å². The summed E-state index contributed by atoms with van der Waals surface area (Å²) >= 11 is 0. The molecule has 1 saturated heterocycles. The number of carbonyl (C=O) groups is 2. The Morgan fingerprint density at radius 3 is 2.14 bits per heavy atom. The van der Waals surface area contributed by atoms with Crippen LogP contribution in [0.5, 0.6) is 0 Å². The van der Waals surface area contributed by atoms with Gasteiger partial charge in [-0.15, -0.1) is 0 Å². The monoisotopic (exact) mass is 608 g/mol. The number of halogens is 4. The first-order chi connectivity index (χ1) is 20.3. The fourth-order valence-corrected chi connectivity index (χ4v) is 5.20. The summed E-state index contributed by atoms with van der Waals surface area (Å²) in [6.07, 6.45) is -3.13. The number of ether oxygens (including phenoxy) is 1. The first-order valence-electron chi connectivity index (χ1n) is 14.9. The zero-order chi connectivity index (χ0) is 31.6. The molecule has 2 aromatic carbocycles. The number of hydrogen-bond acceptors (Lipinski definition) is 6. The quantitative estimate of drug-likeness (QED) is 0.176. The van der Waals surface area contributed by atoms with E-state index in [2.05, 4.69) is 20.9 Å². The van der Waals surface area contributed by atoms with E-state index in [0.29, 0.717) is 19.6 Å². The van der Waals surface area contributed by atoms with Gasteiger partial charge in [0, 0.05) is 43.5 Å². The topological polar surface area (TPSA) is 82.7 Å². The van der Waals surface area contributed by atoms with Crippen LogP contribution in [0.15, 0.2) is 54.6 Å². The number of benzene rings is 2. The van der Waals surface area contributed by atoms with Crippen molar-refractivity contribution in [3.05, 3.63) is 60.2 Å². The molecule has 0 saturated carbocycles. The highest BCUT2D eigenvalue weighted by atomic mass is 19.4. The predicted octanol–water partition coefficient (Wildman–Crippen LogP) is 6.17. The zero-order valence-electron chi connectivity index (χ0n) is 25.3. The third-order valence-corrected chi connectivity index (χ3v) is 7.57. The minimum atomic E-state index is -4.69. The van der Waals surface area contributed by atoms with Crippen molar-refractivity contribution in [1.29, 1.82) is 0 Å². The number of alkyl halides is 4. The fourth-order valence-electron chi connectivity index (χ4n) is 5.20. The summed E-state index contributed by atoms with van der Waals surface area (Å²) in [7, 11) is 0.